The number of hydrogen-bond donors (Lipinski definition) is 0. The molecule has 8 heteroatoms. The maximum absolute atomic E-state index is 13.5. The lowest BCUT2D eigenvalue weighted by molar-refractivity contribution is -0.384. The lowest BCUT2D eigenvalue weighted by Gasteiger charge is -2.22. The van der Waals surface area contributed by atoms with Gasteiger partial charge in [-0.3, -0.25) is 19.7 Å². The van der Waals surface area contributed by atoms with Gasteiger partial charge in [-0.15, -0.1) is 0 Å². The maximum Gasteiger partial charge on any atom is 0.294 e. The number of nitrogens with zero attached hydrogens (tertiary/aromatic N) is 4. The predicted molar refractivity (Wildman–Crippen MR) is 123 cm³/mol. The number of nitro groups is 1. The fourth-order valence-electron chi connectivity index (χ4n) is 3.73. The van der Waals surface area contributed by atoms with Crippen molar-refractivity contribution in [3.05, 3.63) is 105 Å². The first-order chi connectivity index (χ1) is 15.4. The molecule has 1 heterocycles. The van der Waals surface area contributed by atoms with E-state index in [1.165, 1.54) is 27.8 Å². The lowest BCUT2D eigenvalue weighted by Crippen LogP contribution is -2.36. The van der Waals surface area contributed by atoms with E-state index in [0.29, 0.717) is 17.9 Å². The lowest BCUT2D eigenvalue weighted by atomic mass is 10.1. The molecule has 0 bridgehead atoms. The van der Waals surface area contributed by atoms with Crippen molar-refractivity contribution in [3.8, 4) is 5.69 Å². The Morgan fingerprint density at radius 2 is 1.75 bits per heavy atom. The summed E-state index contributed by atoms with van der Waals surface area (Å²) in [6.45, 7) is 3.74. The number of hydrogen-bond acceptors (Lipinski definition) is 5. The number of aryl methyl sites for hydroxylation is 1. The summed E-state index contributed by atoms with van der Waals surface area (Å²) in [5.41, 5.74) is 0.206. The van der Waals surface area contributed by atoms with Gasteiger partial charge in [0.2, 0.25) is 5.43 Å². The van der Waals surface area contributed by atoms with Gasteiger partial charge in [-0.1, -0.05) is 48.5 Å². The molecule has 0 unspecified atom stereocenters. The van der Waals surface area contributed by atoms with E-state index in [1.807, 2.05) is 49.4 Å². The Kier molecular flexibility index (Phi) is 5.51. The zero-order valence-electron chi connectivity index (χ0n) is 17.6. The van der Waals surface area contributed by atoms with E-state index in [4.69, 9.17) is 0 Å². The average Bonchev–Trinajstić information content (AvgIpc) is 2.79. The highest BCUT2D eigenvalue weighted by atomic mass is 16.6. The summed E-state index contributed by atoms with van der Waals surface area (Å²) in [6, 6.07) is 20.6. The van der Waals surface area contributed by atoms with Gasteiger partial charge in [-0.25, -0.2) is 4.68 Å². The first-order valence-electron chi connectivity index (χ1n) is 10.1. The van der Waals surface area contributed by atoms with Crippen LogP contribution in [0.1, 0.15) is 23.1 Å². The minimum atomic E-state index is -0.568. The van der Waals surface area contributed by atoms with E-state index in [9.17, 15) is 19.7 Å². The first kappa shape index (κ1) is 20.9. The van der Waals surface area contributed by atoms with Crippen molar-refractivity contribution in [2.45, 2.75) is 13.8 Å². The second kappa shape index (κ2) is 8.43. The predicted octanol–water partition coefficient (Wildman–Crippen LogP) is 4.27. The smallest absolute Gasteiger partial charge is 0.294 e. The zero-order valence-corrected chi connectivity index (χ0v) is 17.6. The third-order valence-corrected chi connectivity index (χ3v) is 5.24. The monoisotopic (exact) mass is 428 g/mol. The molecule has 4 rings (SSSR count). The van der Waals surface area contributed by atoms with E-state index < -0.39 is 16.3 Å². The van der Waals surface area contributed by atoms with E-state index in [1.54, 1.807) is 19.1 Å². The maximum atomic E-state index is 13.5. The molecule has 0 aliphatic rings. The molecule has 32 heavy (non-hydrogen) atoms. The standard InChI is InChI=1S/C24H20N4O4/c1-3-26(19-14-8-10-17-9-4-5-11-18(17)19)24(30)23-22(29)15-16(2)27(25-23)20-12-6-7-13-21(20)28(31)32/h4-15H,3H2,1-2H3. The molecule has 0 aliphatic carbocycles. The summed E-state index contributed by atoms with van der Waals surface area (Å²) in [7, 11) is 0. The van der Waals surface area contributed by atoms with E-state index >= 15 is 0 Å². The molecule has 8 nitrogen and oxygen atoms in total. The van der Waals surface area contributed by atoms with Crippen LogP contribution in [0.3, 0.4) is 0 Å². The molecule has 0 saturated carbocycles. The van der Waals surface area contributed by atoms with Crippen LogP contribution in [-0.4, -0.2) is 27.2 Å². The fraction of sp³-hybridized carbons (Fsp3) is 0.125. The van der Waals surface area contributed by atoms with E-state index in [0.717, 1.165) is 10.8 Å². The van der Waals surface area contributed by atoms with Gasteiger partial charge in [-0.05, 0) is 31.4 Å². The van der Waals surface area contributed by atoms with Gasteiger partial charge in [-0.2, -0.15) is 5.10 Å². The van der Waals surface area contributed by atoms with Gasteiger partial charge in [0.25, 0.3) is 11.6 Å². The highest BCUT2D eigenvalue weighted by Crippen LogP contribution is 2.28. The number of anilines is 1. The van der Waals surface area contributed by atoms with Crippen LogP contribution in [0.2, 0.25) is 0 Å². The van der Waals surface area contributed by atoms with Crippen LogP contribution < -0.4 is 10.3 Å². The second-order valence-corrected chi connectivity index (χ2v) is 7.20. The molecule has 1 amide bonds. The van der Waals surface area contributed by atoms with E-state index in [-0.39, 0.29) is 17.1 Å². The quantitative estimate of drug-likeness (QED) is 0.349. The molecular weight excluding hydrogens is 408 g/mol. The van der Waals surface area contributed by atoms with Crippen molar-refractivity contribution in [2.75, 3.05) is 11.4 Å². The summed E-state index contributed by atoms with van der Waals surface area (Å²) in [6.07, 6.45) is 0. The normalized spacial score (nSPS) is 10.8. The molecule has 0 N–H and O–H groups in total. The number of rotatable bonds is 5. The number of amides is 1. The largest absolute Gasteiger partial charge is 0.306 e. The summed E-state index contributed by atoms with van der Waals surface area (Å²) < 4.78 is 1.27. The molecule has 0 saturated heterocycles. The SMILES string of the molecule is CCN(C(=O)c1nn(-c2ccccc2[N+](=O)[O-])c(C)cc1=O)c1cccc2ccccc12. The molecule has 4 aromatic rings. The van der Waals surface area contributed by atoms with E-state index in [2.05, 4.69) is 5.10 Å². The Hall–Kier alpha value is -4.33. The van der Waals surface area contributed by atoms with Gasteiger partial charge >= 0.3 is 0 Å². The minimum absolute atomic E-state index is 0.174. The van der Waals surface area contributed by atoms with Gasteiger partial charge < -0.3 is 4.90 Å². The van der Waals surface area contributed by atoms with Crippen LogP contribution in [0.5, 0.6) is 0 Å². The molecule has 0 atom stereocenters. The third-order valence-electron chi connectivity index (χ3n) is 5.24. The third kappa shape index (κ3) is 3.62. The van der Waals surface area contributed by atoms with Gasteiger partial charge in [0.15, 0.2) is 5.69 Å². The summed E-state index contributed by atoms with van der Waals surface area (Å²) >= 11 is 0. The molecular formula is C24H20N4O4. The zero-order chi connectivity index (χ0) is 22.8. The fourth-order valence-corrected chi connectivity index (χ4v) is 3.73. The summed E-state index contributed by atoms with van der Waals surface area (Å²) in [5, 5.41) is 17.6. The molecule has 0 aliphatic heterocycles. The average molecular weight is 428 g/mol. The number of para-hydroxylation sites is 2. The molecule has 3 aromatic carbocycles. The van der Waals surface area contributed by atoms with Crippen molar-refractivity contribution in [1.82, 2.24) is 9.78 Å². The molecule has 160 valence electrons. The highest BCUT2D eigenvalue weighted by molar-refractivity contribution is 6.09. The number of carbonyl (C=O) groups is 1. The number of nitro benzene ring substituents is 1. The Morgan fingerprint density at radius 3 is 2.50 bits per heavy atom. The van der Waals surface area contributed by atoms with Crippen molar-refractivity contribution in [3.63, 3.8) is 0 Å². The highest BCUT2D eigenvalue weighted by Gasteiger charge is 2.25. The van der Waals surface area contributed by atoms with Crippen molar-refractivity contribution >= 4 is 28.1 Å². The molecule has 0 fully saturated rings. The second-order valence-electron chi connectivity index (χ2n) is 7.20. The molecule has 0 spiro atoms. The number of carbonyl (C=O) groups excluding carboxylic acids is 1. The minimum Gasteiger partial charge on any atom is -0.306 e. The van der Waals surface area contributed by atoms with Gasteiger partial charge in [0.1, 0.15) is 5.69 Å². The van der Waals surface area contributed by atoms with Crippen LogP contribution in [0.25, 0.3) is 16.5 Å². The van der Waals surface area contributed by atoms with Crippen LogP contribution >= 0.6 is 0 Å². The Bertz CT molecular complexity index is 1410. The molecule has 0 radical (unpaired) electrons. The van der Waals surface area contributed by atoms with Gasteiger partial charge in [0, 0.05) is 29.8 Å². The topological polar surface area (TPSA) is 98.3 Å². The van der Waals surface area contributed by atoms with Crippen LogP contribution in [0.4, 0.5) is 11.4 Å². The van der Waals surface area contributed by atoms with Crippen LogP contribution in [0, 0.1) is 17.0 Å². The van der Waals surface area contributed by atoms with Crippen molar-refractivity contribution < 1.29 is 9.72 Å². The number of fused-ring (bicyclic) bond motifs is 1. The molecule has 1 aromatic heterocycles. The number of benzene rings is 3. The van der Waals surface area contributed by atoms with Gasteiger partial charge in [0.05, 0.1) is 10.6 Å². The number of aromatic nitrogens is 2. The Morgan fingerprint density at radius 1 is 1.06 bits per heavy atom. The summed E-state index contributed by atoms with van der Waals surface area (Å²) in [5.74, 6) is -0.568. The Labute approximate surface area is 183 Å². The van der Waals surface area contributed by atoms with Crippen molar-refractivity contribution in [1.29, 1.82) is 0 Å². The summed E-state index contributed by atoms with van der Waals surface area (Å²) in [4.78, 5) is 38.7. The van der Waals surface area contributed by atoms with Crippen molar-refractivity contribution in [2.24, 2.45) is 0 Å². The van der Waals surface area contributed by atoms with Crippen LogP contribution in [0.15, 0.2) is 77.6 Å². The first-order valence-corrected chi connectivity index (χ1v) is 10.1. The Balaban J connectivity index is 1.86. The van der Waals surface area contributed by atoms with Crippen LogP contribution in [-0.2, 0) is 0 Å².